The van der Waals surface area contributed by atoms with E-state index in [4.69, 9.17) is 5.11 Å². The van der Waals surface area contributed by atoms with Crippen molar-refractivity contribution in [2.45, 2.75) is 31.4 Å². The Bertz CT molecular complexity index is 636. The predicted octanol–water partition coefficient (Wildman–Crippen LogP) is 1.78. The fourth-order valence-corrected chi connectivity index (χ4v) is 2.87. The highest BCUT2D eigenvalue weighted by atomic mass is 32.2. The molecule has 0 saturated heterocycles. The van der Waals surface area contributed by atoms with Gasteiger partial charge in [-0.25, -0.2) is 0 Å². The van der Waals surface area contributed by atoms with Gasteiger partial charge in [0.25, 0.3) is 0 Å². The monoisotopic (exact) mass is 280 g/mol. The molecule has 0 saturated carbocycles. The minimum Gasteiger partial charge on any atom is -0.480 e. The van der Waals surface area contributed by atoms with Crippen LogP contribution in [0.4, 0.5) is 0 Å². The molecule has 2 aromatic rings. The first-order chi connectivity index (χ1) is 9.04. The normalized spacial score (nSPS) is 14.4. The van der Waals surface area contributed by atoms with Crippen LogP contribution in [0.15, 0.2) is 24.3 Å². The quantitative estimate of drug-likeness (QED) is 0.906. The van der Waals surface area contributed by atoms with Crippen LogP contribution >= 0.6 is 0 Å². The summed E-state index contributed by atoms with van der Waals surface area (Å²) in [4.78, 5) is 10.8. The topological polar surface area (TPSA) is 72.2 Å². The largest absolute Gasteiger partial charge is 0.480 e. The van der Waals surface area contributed by atoms with Crippen LogP contribution in [-0.2, 0) is 27.9 Å². The molecule has 2 rings (SSSR count). The molecule has 1 heterocycles. The second kappa shape index (κ2) is 5.52. The van der Waals surface area contributed by atoms with Crippen molar-refractivity contribution in [3.05, 3.63) is 30.0 Å². The Morgan fingerprint density at radius 3 is 2.79 bits per heavy atom. The van der Waals surface area contributed by atoms with Gasteiger partial charge in [-0.3, -0.25) is 13.7 Å². The lowest BCUT2D eigenvalue weighted by molar-refractivity contribution is -0.136. The molecule has 1 aromatic carbocycles. The number of nitrogens with zero attached hydrogens (tertiary/aromatic N) is 2. The lowest BCUT2D eigenvalue weighted by Crippen LogP contribution is -2.23. The zero-order chi connectivity index (χ0) is 14.0. The lowest BCUT2D eigenvalue weighted by atomic mass is 10.2. The fourth-order valence-electron chi connectivity index (χ4n) is 1.92. The third-order valence-corrected chi connectivity index (χ3v) is 4.60. The molecule has 0 aliphatic heterocycles. The number of hydrogen-bond acceptors (Lipinski definition) is 3. The van der Waals surface area contributed by atoms with Crippen molar-refractivity contribution in [1.82, 2.24) is 9.78 Å². The molecule has 5 nitrogen and oxygen atoms in total. The minimum atomic E-state index is -1.47. The first-order valence-electron chi connectivity index (χ1n) is 6.09. The standard InChI is InChI=1S/C13H16N2O3S/c1-3-15-12-7-5-4-6-10(12)11(14-15)8-19(18)9(2)13(16)17/h4-7,9H,3,8H2,1-2H3,(H,16,17). The van der Waals surface area contributed by atoms with Crippen LogP contribution in [0.5, 0.6) is 0 Å². The van der Waals surface area contributed by atoms with Gasteiger partial charge in [0.2, 0.25) is 0 Å². The number of carboxylic acid groups (broad SMARTS) is 1. The third kappa shape index (κ3) is 2.68. The van der Waals surface area contributed by atoms with E-state index in [9.17, 15) is 9.00 Å². The highest BCUT2D eigenvalue weighted by Gasteiger charge is 2.21. The number of carboxylic acids is 1. The molecule has 2 atom stereocenters. The van der Waals surface area contributed by atoms with E-state index < -0.39 is 22.0 Å². The van der Waals surface area contributed by atoms with Crippen LogP contribution in [-0.4, -0.2) is 30.3 Å². The molecule has 1 aromatic heterocycles. The first kappa shape index (κ1) is 13.7. The van der Waals surface area contributed by atoms with Crippen LogP contribution < -0.4 is 0 Å². The van der Waals surface area contributed by atoms with E-state index in [2.05, 4.69) is 5.10 Å². The number of para-hydroxylation sites is 1. The summed E-state index contributed by atoms with van der Waals surface area (Å²) >= 11 is 0. The molecule has 102 valence electrons. The maximum atomic E-state index is 12.0. The predicted molar refractivity (Wildman–Crippen MR) is 74.4 cm³/mol. The van der Waals surface area contributed by atoms with Gasteiger partial charge in [0.05, 0.1) is 17.0 Å². The van der Waals surface area contributed by atoms with E-state index in [1.807, 2.05) is 35.9 Å². The van der Waals surface area contributed by atoms with Crippen LogP contribution in [0.25, 0.3) is 10.9 Å². The van der Waals surface area contributed by atoms with E-state index >= 15 is 0 Å². The van der Waals surface area contributed by atoms with Gasteiger partial charge in [-0.15, -0.1) is 0 Å². The molecule has 0 fully saturated rings. The van der Waals surface area contributed by atoms with Crippen molar-refractivity contribution >= 4 is 27.7 Å². The van der Waals surface area contributed by atoms with Crippen LogP contribution in [0.1, 0.15) is 19.5 Å². The van der Waals surface area contributed by atoms with Crippen molar-refractivity contribution in [2.24, 2.45) is 0 Å². The maximum Gasteiger partial charge on any atom is 0.318 e. The number of benzene rings is 1. The number of hydrogen-bond donors (Lipinski definition) is 1. The SMILES string of the molecule is CCn1nc(CS(=O)C(C)C(=O)O)c2ccccc21. The summed E-state index contributed by atoms with van der Waals surface area (Å²) in [6.07, 6.45) is 0. The molecule has 0 radical (unpaired) electrons. The van der Waals surface area contributed by atoms with Gasteiger partial charge >= 0.3 is 5.97 Å². The van der Waals surface area contributed by atoms with Gasteiger partial charge in [-0.2, -0.15) is 5.10 Å². The molecule has 0 aliphatic rings. The first-order valence-corrected chi connectivity index (χ1v) is 7.47. The molecule has 6 heteroatoms. The Hall–Kier alpha value is -1.69. The number of aryl methyl sites for hydroxylation is 1. The fraction of sp³-hybridized carbons (Fsp3) is 0.385. The average Bonchev–Trinajstić information content (AvgIpc) is 2.76. The molecular formula is C13H16N2O3S. The summed E-state index contributed by atoms with van der Waals surface area (Å²) in [7, 11) is -1.47. The molecule has 2 unspecified atom stereocenters. The lowest BCUT2D eigenvalue weighted by Gasteiger charge is -2.04. The second-order valence-electron chi connectivity index (χ2n) is 4.29. The molecule has 0 aliphatic carbocycles. The summed E-state index contributed by atoms with van der Waals surface area (Å²) in [5.41, 5.74) is 1.68. The summed E-state index contributed by atoms with van der Waals surface area (Å²) < 4.78 is 13.8. The van der Waals surface area contributed by atoms with Crippen molar-refractivity contribution in [2.75, 3.05) is 0 Å². The Kier molecular flexibility index (Phi) is 3.99. The van der Waals surface area contributed by atoms with Crippen LogP contribution in [0.3, 0.4) is 0 Å². The Morgan fingerprint density at radius 2 is 2.16 bits per heavy atom. The molecule has 19 heavy (non-hydrogen) atoms. The van der Waals surface area contributed by atoms with Crippen LogP contribution in [0, 0.1) is 0 Å². The summed E-state index contributed by atoms with van der Waals surface area (Å²) in [5.74, 6) is -0.876. The van der Waals surface area contributed by atoms with Gasteiger partial charge in [0, 0.05) is 22.7 Å². The summed E-state index contributed by atoms with van der Waals surface area (Å²) in [5, 5.41) is 13.4. The Labute approximate surface area is 113 Å². The van der Waals surface area contributed by atoms with Gasteiger partial charge < -0.3 is 5.11 Å². The highest BCUT2D eigenvalue weighted by molar-refractivity contribution is 7.85. The van der Waals surface area contributed by atoms with E-state index in [0.29, 0.717) is 5.69 Å². The number of fused-ring (bicyclic) bond motifs is 1. The van der Waals surface area contributed by atoms with Crippen molar-refractivity contribution in [3.8, 4) is 0 Å². The Balaban J connectivity index is 2.36. The maximum absolute atomic E-state index is 12.0. The molecule has 0 bridgehead atoms. The number of rotatable bonds is 5. The minimum absolute atomic E-state index is 0.168. The highest BCUT2D eigenvalue weighted by Crippen LogP contribution is 2.20. The number of carbonyl (C=O) groups is 1. The zero-order valence-electron chi connectivity index (χ0n) is 10.9. The smallest absolute Gasteiger partial charge is 0.318 e. The van der Waals surface area contributed by atoms with Gasteiger partial charge in [-0.1, -0.05) is 18.2 Å². The Morgan fingerprint density at radius 1 is 1.47 bits per heavy atom. The average molecular weight is 280 g/mol. The van der Waals surface area contributed by atoms with Crippen molar-refractivity contribution < 1.29 is 14.1 Å². The van der Waals surface area contributed by atoms with E-state index in [1.54, 1.807) is 0 Å². The van der Waals surface area contributed by atoms with Gasteiger partial charge in [0.15, 0.2) is 0 Å². The van der Waals surface area contributed by atoms with Gasteiger partial charge in [-0.05, 0) is 19.9 Å². The zero-order valence-corrected chi connectivity index (χ0v) is 11.7. The van der Waals surface area contributed by atoms with E-state index in [0.717, 1.165) is 17.4 Å². The summed E-state index contributed by atoms with van der Waals surface area (Å²) in [6, 6.07) is 7.71. The van der Waals surface area contributed by atoms with Crippen LogP contribution in [0.2, 0.25) is 0 Å². The van der Waals surface area contributed by atoms with Crippen molar-refractivity contribution in [3.63, 3.8) is 0 Å². The molecule has 0 spiro atoms. The third-order valence-electron chi connectivity index (χ3n) is 3.06. The summed E-state index contributed by atoms with van der Waals surface area (Å²) in [6.45, 7) is 4.17. The molecule has 1 N–H and O–H groups in total. The second-order valence-corrected chi connectivity index (χ2v) is 6.04. The molecule has 0 amide bonds. The number of aromatic nitrogens is 2. The van der Waals surface area contributed by atoms with E-state index in [1.165, 1.54) is 6.92 Å². The van der Waals surface area contributed by atoms with Crippen molar-refractivity contribution in [1.29, 1.82) is 0 Å². The molecular weight excluding hydrogens is 264 g/mol. The number of aliphatic carboxylic acids is 1. The van der Waals surface area contributed by atoms with Gasteiger partial charge in [0.1, 0.15) is 5.25 Å². The van der Waals surface area contributed by atoms with E-state index in [-0.39, 0.29) is 5.75 Å².